The molecular formula is C25H28N4O2. The highest BCUT2D eigenvalue weighted by atomic mass is 16.5. The van der Waals surface area contributed by atoms with Crippen molar-refractivity contribution < 1.29 is 9.53 Å². The van der Waals surface area contributed by atoms with Gasteiger partial charge in [0.2, 0.25) is 0 Å². The van der Waals surface area contributed by atoms with Crippen LogP contribution >= 0.6 is 0 Å². The van der Waals surface area contributed by atoms with Crippen molar-refractivity contribution in [2.75, 3.05) is 11.9 Å². The smallest absolute Gasteiger partial charge is 0.251 e. The number of carbonyl (C=O) groups is 1. The topological polar surface area (TPSA) is 76.1 Å². The van der Waals surface area contributed by atoms with Crippen LogP contribution in [0.5, 0.6) is 5.75 Å². The minimum absolute atomic E-state index is 0.0344. The zero-order valence-electron chi connectivity index (χ0n) is 17.6. The Balaban J connectivity index is 1.28. The monoisotopic (exact) mass is 416 g/mol. The molecule has 0 spiro atoms. The van der Waals surface area contributed by atoms with E-state index < -0.39 is 0 Å². The lowest BCUT2D eigenvalue weighted by molar-refractivity contribution is 0.0951. The highest BCUT2D eigenvalue weighted by Crippen LogP contribution is 2.27. The fourth-order valence-corrected chi connectivity index (χ4v) is 3.86. The van der Waals surface area contributed by atoms with Crippen LogP contribution in [0.1, 0.15) is 48.2 Å². The first-order valence-corrected chi connectivity index (χ1v) is 10.9. The molecule has 2 N–H and O–H groups in total. The number of rotatable bonds is 9. The predicted molar refractivity (Wildman–Crippen MR) is 121 cm³/mol. The molecular weight excluding hydrogens is 388 g/mol. The molecule has 1 amide bonds. The molecule has 0 unspecified atom stereocenters. The Morgan fingerprint density at radius 3 is 2.71 bits per heavy atom. The first kappa shape index (κ1) is 20.8. The van der Waals surface area contributed by atoms with Crippen molar-refractivity contribution in [3.63, 3.8) is 0 Å². The molecule has 2 aromatic heterocycles. The number of carbonyl (C=O) groups excluding carboxylic acids is 1. The summed E-state index contributed by atoms with van der Waals surface area (Å²) in [4.78, 5) is 21.1. The summed E-state index contributed by atoms with van der Waals surface area (Å²) in [6.45, 7) is 1.13. The Morgan fingerprint density at radius 2 is 1.94 bits per heavy atom. The number of nitrogens with zero attached hydrogens (tertiary/aromatic N) is 2. The second kappa shape index (κ2) is 10.6. The van der Waals surface area contributed by atoms with Crippen molar-refractivity contribution in [2.24, 2.45) is 5.92 Å². The summed E-state index contributed by atoms with van der Waals surface area (Å²) >= 11 is 0. The largest absolute Gasteiger partial charge is 0.486 e. The van der Waals surface area contributed by atoms with Gasteiger partial charge in [-0.3, -0.25) is 9.78 Å². The number of hydrogen-bond acceptors (Lipinski definition) is 5. The van der Waals surface area contributed by atoms with Crippen LogP contribution in [0.2, 0.25) is 0 Å². The van der Waals surface area contributed by atoms with E-state index in [4.69, 9.17) is 4.74 Å². The van der Waals surface area contributed by atoms with Crippen LogP contribution in [0.4, 0.5) is 11.5 Å². The summed E-state index contributed by atoms with van der Waals surface area (Å²) in [5.74, 6) is 2.10. The van der Waals surface area contributed by atoms with E-state index in [1.165, 1.54) is 25.7 Å². The number of amides is 1. The van der Waals surface area contributed by atoms with E-state index in [9.17, 15) is 4.79 Å². The Morgan fingerprint density at radius 1 is 1.03 bits per heavy atom. The first-order chi connectivity index (χ1) is 15.3. The fraction of sp³-hybridized carbons (Fsp3) is 0.320. The SMILES string of the molecule is O=C(NCCC1CCCC1)c1cccc(Nc2ccc(OCc3ccccn3)cn2)c1. The standard InChI is InChI=1S/C25H28N4O2/c30-25(27-15-13-19-6-1-2-7-19)20-8-5-10-21(16-20)29-24-12-11-23(17-28-24)31-18-22-9-3-4-14-26-22/h3-5,8-12,14,16-17,19H,1-2,6-7,13,15,18H2,(H,27,30)(H,28,29). The Bertz CT molecular complexity index is 970. The summed E-state index contributed by atoms with van der Waals surface area (Å²) < 4.78 is 5.72. The van der Waals surface area contributed by atoms with E-state index in [1.807, 2.05) is 54.6 Å². The highest BCUT2D eigenvalue weighted by molar-refractivity contribution is 5.95. The van der Waals surface area contributed by atoms with Crippen LogP contribution in [0, 0.1) is 5.92 Å². The number of anilines is 2. The lowest BCUT2D eigenvalue weighted by Gasteiger charge is -2.11. The van der Waals surface area contributed by atoms with Crippen LogP contribution < -0.4 is 15.4 Å². The van der Waals surface area contributed by atoms with Crippen LogP contribution in [0.3, 0.4) is 0 Å². The van der Waals surface area contributed by atoms with Gasteiger partial charge in [0.15, 0.2) is 0 Å². The van der Waals surface area contributed by atoms with Gasteiger partial charge >= 0.3 is 0 Å². The Hall–Kier alpha value is -3.41. The van der Waals surface area contributed by atoms with Gasteiger partial charge in [0, 0.05) is 24.0 Å². The summed E-state index contributed by atoms with van der Waals surface area (Å²) in [5.41, 5.74) is 2.33. The van der Waals surface area contributed by atoms with Crippen molar-refractivity contribution in [3.8, 4) is 5.75 Å². The molecule has 31 heavy (non-hydrogen) atoms. The molecule has 1 aromatic carbocycles. The molecule has 1 saturated carbocycles. The lowest BCUT2D eigenvalue weighted by Crippen LogP contribution is -2.25. The van der Waals surface area contributed by atoms with Gasteiger partial charge in [0.05, 0.1) is 11.9 Å². The Labute approximate surface area is 183 Å². The molecule has 0 aliphatic heterocycles. The normalized spacial score (nSPS) is 13.7. The van der Waals surface area contributed by atoms with Crippen molar-refractivity contribution in [1.82, 2.24) is 15.3 Å². The summed E-state index contributed by atoms with van der Waals surface area (Å²) in [6.07, 6.45) is 9.75. The van der Waals surface area contributed by atoms with Gasteiger partial charge in [-0.25, -0.2) is 4.98 Å². The summed E-state index contributed by atoms with van der Waals surface area (Å²) in [6, 6.07) is 16.9. The first-order valence-electron chi connectivity index (χ1n) is 10.9. The van der Waals surface area contributed by atoms with Crippen molar-refractivity contribution in [2.45, 2.75) is 38.7 Å². The van der Waals surface area contributed by atoms with Gasteiger partial charge in [0.25, 0.3) is 5.91 Å². The second-order valence-corrected chi connectivity index (χ2v) is 7.89. The number of ether oxygens (including phenoxy) is 1. The summed E-state index contributed by atoms with van der Waals surface area (Å²) in [5, 5.41) is 6.29. The predicted octanol–water partition coefficient (Wildman–Crippen LogP) is 5.11. The quantitative estimate of drug-likeness (QED) is 0.507. The molecule has 1 aliphatic rings. The average molecular weight is 417 g/mol. The van der Waals surface area contributed by atoms with E-state index in [0.29, 0.717) is 23.7 Å². The molecule has 2 heterocycles. The van der Waals surface area contributed by atoms with Crippen molar-refractivity contribution in [3.05, 3.63) is 78.2 Å². The third-order valence-electron chi connectivity index (χ3n) is 5.56. The van der Waals surface area contributed by atoms with Gasteiger partial charge in [-0.1, -0.05) is 37.8 Å². The van der Waals surface area contributed by atoms with Gasteiger partial charge in [-0.2, -0.15) is 0 Å². The number of hydrogen-bond donors (Lipinski definition) is 2. The molecule has 0 radical (unpaired) electrons. The highest BCUT2D eigenvalue weighted by Gasteiger charge is 2.15. The van der Waals surface area contributed by atoms with E-state index in [-0.39, 0.29) is 5.91 Å². The molecule has 0 saturated heterocycles. The minimum atomic E-state index is -0.0344. The molecule has 0 atom stereocenters. The maximum absolute atomic E-state index is 12.5. The molecule has 160 valence electrons. The molecule has 6 heteroatoms. The van der Waals surface area contributed by atoms with Gasteiger partial charge < -0.3 is 15.4 Å². The van der Waals surface area contributed by atoms with Gasteiger partial charge in [-0.05, 0) is 54.8 Å². The van der Waals surface area contributed by atoms with Crippen LogP contribution in [0.15, 0.2) is 67.0 Å². The second-order valence-electron chi connectivity index (χ2n) is 7.89. The number of nitrogens with one attached hydrogen (secondary N) is 2. The molecule has 1 fully saturated rings. The third kappa shape index (κ3) is 6.28. The van der Waals surface area contributed by atoms with Gasteiger partial charge in [-0.15, -0.1) is 0 Å². The molecule has 4 rings (SSSR count). The maximum atomic E-state index is 12.5. The number of aromatic nitrogens is 2. The minimum Gasteiger partial charge on any atom is -0.486 e. The number of benzene rings is 1. The van der Waals surface area contributed by atoms with Gasteiger partial charge in [0.1, 0.15) is 18.2 Å². The van der Waals surface area contributed by atoms with E-state index in [1.54, 1.807) is 12.4 Å². The van der Waals surface area contributed by atoms with Crippen LogP contribution in [0.25, 0.3) is 0 Å². The Kier molecular flexibility index (Phi) is 7.11. The third-order valence-corrected chi connectivity index (χ3v) is 5.56. The van der Waals surface area contributed by atoms with E-state index in [0.717, 1.165) is 30.3 Å². The summed E-state index contributed by atoms with van der Waals surface area (Å²) in [7, 11) is 0. The molecule has 6 nitrogen and oxygen atoms in total. The van der Waals surface area contributed by atoms with E-state index in [2.05, 4.69) is 20.6 Å². The van der Waals surface area contributed by atoms with Crippen LogP contribution in [-0.4, -0.2) is 22.4 Å². The van der Waals surface area contributed by atoms with Crippen LogP contribution in [-0.2, 0) is 6.61 Å². The zero-order chi connectivity index (χ0) is 21.3. The average Bonchev–Trinajstić information content (AvgIpc) is 3.33. The number of pyridine rings is 2. The zero-order valence-corrected chi connectivity index (χ0v) is 17.6. The molecule has 1 aliphatic carbocycles. The molecule has 3 aromatic rings. The van der Waals surface area contributed by atoms with E-state index >= 15 is 0 Å². The fourth-order valence-electron chi connectivity index (χ4n) is 3.86. The van der Waals surface area contributed by atoms with Crippen molar-refractivity contribution >= 4 is 17.4 Å². The lowest BCUT2D eigenvalue weighted by atomic mass is 10.0. The van der Waals surface area contributed by atoms with Crippen molar-refractivity contribution in [1.29, 1.82) is 0 Å². The maximum Gasteiger partial charge on any atom is 0.251 e. The molecule has 0 bridgehead atoms.